The van der Waals surface area contributed by atoms with Gasteiger partial charge >= 0.3 is 0 Å². The molecule has 0 amide bonds. The fourth-order valence-corrected chi connectivity index (χ4v) is 17.7. The van der Waals surface area contributed by atoms with Gasteiger partial charge in [-0.05, 0) is 204 Å². The number of rotatable bonds is 8. The van der Waals surface area contributed by atoms with Crippen LogP contribution in [0.25, 0.3) is 208 Å². The molecule has 0 fully saturated rings. The Morgan fingerprint density at radius 1 is 0.170 bits per heavy atom. The van der Waals surface area contributed by atoms with Crippen molar-refractivity contribution < 1.29 is 0 Å². The molecule has 19 aromatic carbocycles. The Kier molecular flexibility index (Phi) is 16.2. The van der Waals surface area contributed by atoms with E-state index >= 15 is 0 Å². The number of aromatic nitrogens is 4. The van der Waals surface area contributed by atoms with Crippen molar-refractivity contribution >= 4 is 130 Å². The summed E-state index contributed by atoms with van der Waals surface area (Å²) in [6.07, 6.45) is 3.75. The summed E-state index contributed by atoms with van der Waals surface area (Å²) in [5, 5.41) is 22.8. The maximum Gasteiger partial charge on any atom is 0.0970 e. The van der Waals surface area contributed by atoms with Crippen LogP contribution in [0.15, 0.2) is 425 Å². The third kappa shape index (κ3) is 11.2. The van der Waals surface area contributed by atoms with Crippen LogP contribution >= 0.6 is 0 Å². The number of hydrogen-bond acceptors (Lipinski definition) is 2. The maximum absolute atomic E-state index is 4.67. The van der Waals surface area contributed by atoms with E-state index in [0.717, 1.165) is 27.5 Å². The Bertz CT molecular complexity index is 7330. The van der Waals surface area contributed by atoms with Crippen molar-refractivity contribution in [3.05, 3.63) is 425 Å². The molecule has 0 radical (unpaired) electrons. The summed E-state index contributed by atoms with van der Waals surface area (Å²) in [6, 6.07) is 149. The number of fused-ring (bicyclic) bond motifs is 18. The van der Waals surface area contributed by atoms with Crippen LogP contribution in [0, 0.1) is 0 Å². The normalized spacial score (nSPS) is 11.6. The van der Waals surface area contributed by atoms with Gasteiger partial charge < -0.3 is 9.13 Å². The zero-order chi connectivity index (χ0) is 74.0. The molecule has 0 atom stereocenters. The van der Waals surface area contributed by atoms with Crippen molar-refractivity contribution in [1.29, 1.82) is 0 Å². The van der Waals surface area contributed by atoms with Crippen LogP contribution in [0.2, 0.25) is 0 Å². The molecule has 0 aliphatic rings. The van der Waals surface area contributed by atoms with Gasteiger partial charge in [0, 0.05) is 56.1 Å². The topological polar surface area (TPSA) is 35.6 Å². The summed E-state index contributed by atoms with van der Waals surface area (Å²) in [5.41, 5.74) is 23.9. The lowest BCUT2D eigenvalue weighted by atomic mass is 9.86. The van der Waals surface area contributed by atoms with Crippen LogP contribution < -0.4 is 0 Å². The Hall–Kier alpha value is -14.8. The molecule has 112 heavy (non-hydrogen) atoms. The minimum atomic E-state index is 0.946. The summed E-state index contributed by atoms with van der Waals surface area (Å²) in [7, 11) is 0. The van der Waals surface area contributed by atoms with Gasteiger partial charge in [0.15, 0.2) is 0 Å². The highest BCUT2D eigenvalue weighted by molar-refractivity contribution is 6.29. The molecule has 4 heteroatoms. The molecule has 0 spiro atoms. The zero-order valence-electron chi connectivity index (χ0n) is 61.2. The lowest BCUT2D eigenvalue weighted by Gasteiger charge is -2.18. The SMILES string of the molecule is c1ccc(-c2c3ccccc3c(-c3ccc(-n4c5ccc6ccccc6c5c5c6ccccc6ccc54)cc3)c3ccccc23)cc1.c1ccc(-c2ccnc3c2ccc2c(-c4ccccc4)ccnc23)cc1.c1ccc(-n2c3ccccc3c3cc(-c4ccc(-c5cc6ccccc6c6ccccc56)cc4)ccc32)cc1. The second-order valence-corrected chi connectivity index (χ2v) is 28.9. The van der Waals surface area contributed by atoms with Gasteiger partial charge in [-0.3, -0.25) is 9.97 Å². The number of pyridine rings is 2. The first-order valence-corrected chi connectivity index (χ1v) is 38.4. The second-order valence-electron chi connectivity index (χ2n) is 28.9. The first-order valence-electron chi connectivity index (χ1n) is 38.4. The third-order valence-electron chi connectivity index (χ3n) is 22.7. The Morgan fingerprint density at radius 3 is 1.06 bits per heavy atom. The minimum absolute atomic E-state index is 0.946. The predicted molar refractivity (Wildman–Crippen MR) is 476 cm³/mol. The van der Waals surface area contributed by atoms with Crippen LogP contribution in [0.3, 0.4) is 0 Å². The molecule has 0 aliphatic heterocycles. The largest absolute Gasteiger partial charge is 0.309 e. The van der Waals surface area contributed by atoms with Gasteiger partial charge in [-0.15, -0.1) is 0 Å². The summed E-state index contributed by atoms with van der Waals surface area (Å²) >= 11 is 0. The molecular weight excluding hydrogens is 1350 g/mol. The Labute approximate surface area is 647 Å². The van der Waals surface area contributed by atoms with Gasteiger partial charge in [0.25, 0.3) is 0 Å². The molecule has 23 rings (SSSR count). The lowest BCUT2D eigenvalue weighted by Crippen LogP contribution is -1.95. The van der Waals surface area contributed by atoms with Crippen molar-refractivity contribution in [3.63, 3.8) is 0 Å². The van der Waals surface area contributed by atoms with E-state index < -0.39 is 0 Å². The molecule has 0 bridgehead atoms. The van der Waals surface area contributed by atoms with Crippen LogP contribution in [0.1, 0.15) is 0 Å². The number of nitrogens with zero attached hydrogens (tertiary/aromatic N) is 4. The molecule has 0 saturated carbocycles. The first kappa shape index (κ1) is 65.5. The van der Waals surface area contributed by atoms with Gasteiger partial charge in [0.2, 0.25) is 0 Å². The number of benzene rings is 19. The highest BCUT2D eigenvalue weighted by atomic mass is 15.0. The molecule has 522 valence electrons. The molecule has 4 aromatic heterocycles. The van der Waals surface area contributed by atoms with E-state index in [1.54, 1.807) is 0 Å². The van der Waals surface area contributed by atoms with Crippen molar-refractivity contribution in [3.8, 4) is 78.1 Å². The molecular formula is C108H70N4. The molecule has 0 aliphatic carbocycles. The van der Waals surface area contributed by atoms with Gasteiger partial charge in [0.1, 0.15) is 0 Å². The van der Waals surface area contributed by atoms with E-state index in [1.807, 2.05) is 24.5 Å². The van der Waals surface area contributed by atoms with Crippen LogP contribution in [0.4, 0.5) is 0 Å². The van der Waals surface area contributed by atoms with E-state index in [1.165, 1.54) is 181 Å². The minimum Gasteiger partial charge on any atom is -0.309 e. The van der Waals surface area contributed by atoms with Crippen molar-refractivity contribution in [1.82, 2.24) is 19.1 Å². The molecule has 4 nitrogen and oxygen atoms in total. The number of hydrogen-bond donors (Lipinski definition) is 0. The van der Waals surface area contributed by atoms with E-state index in [9.17, 15) is 0 Å². The van der Waals surface area contributed by atoms with Crippen LogP contribution in [-0.4, -0.2) is 19.1 Å². The standard InChI is InChI=1S/C46H29N.C38H25N.C24H16N2/c1-2-14-32(15-3-1)43-37-18-8-10-20-39(37)44(40-21-11-9-19-38(40)43)33-22-26-34(27-23-33)47-41-28-24-30-12-4-6-16-35(30)45(41)46-36-17-7-5-13-31(36)25-29-42(46)47;1-2-11-30(12-3-1)39-37-17-9-8-16-34(37)36-24-28(22-23-38(36)39)26-18-20-27(21-19-26)35-25-29-10-4-5-13-31(29)32-14-6-7-15-33(32)35;1-3-7-17(8-4-1)19-13-15-25-23-21(19)11-12-22-20(14-16-26-24(22)23)18-9-5-2-6-10-18/h1-29H;1-25H;1-16H. The molecule has 0 N–H and O–H groups in total. The fraction of sp³-hybridized carbons (Fsp3) is 0. The van der Waals surface area contributed by atoms with Crippen molar-refractivity contribution in [2.24, 2.45) is 0 Å². The highest BCUT2D eigenvalue weighted by Gasteiger charge is 2.22. The smallest absolute Gasteiger partial charge is 0.0970 e. The summed E-state index contributed by atoms with van der Waals surface area (Å²) in [6.45, 7) is 0. The second kappa shape index (κ2) is 27.7. The van der Waals surface area contributed by atoms with Crippen molar-refractivity contribution in [2.75, 3.05) is 0 Å². The van der Waals surface area contributed by atoms with E-state index in [4.69, 9.17) is 0 Å². The quantitative estimate of drug-likeness (QED) is 0.112. The molecule has 0 unspecified atom stereocenters. The molecule has 23 aromatic rings. The molecule has 4 heterocycles. The van der Waals surface area contributed by atoms with Crippen molar-refractivity contribution in [2.45, 2.75) is 0 Å². The monoisotopic (exact) mass is 1420 g/mol. The van der Waals surface area contributed by atoms with Crippen LogP contribution in [0.5, 0.6) is 0 Å². The third-order valence-corrected chi connectivity index (χ3v) is 22.7. The maximum atomic E-state index is 4.67. The van der Waals surface area contributed by atoms with Crippen LogP contribution in [-0.2, 0) is 0 Å². The van der Waals surface area contributed by atoms with Gasteiger partial charge in [-0.1, -0.05) is 340 Å². The highest BCUT2D eigenvalue weighted by Crippen LogP contribution is 2.47. The average Bonchev–Trinajstić information content (AvgIpc) is 1.41. The first-order chi connectivity index (χ1) is 55.6. The fourth-order valence-electron chi connectivity index (χ4n) is 17.7. The van der Waals surface area contributed by atoms with E-state index in [0.29, 0.717) is 0 Å². The zero-order valence-corrected chi connectivity index (χ0v) is 61.2. The Morgan fingerprint density at radius 2 is 0.527 bits per heavy atom. The van der Waals surface area contributed by atoms with Gasteiger partial charge in [0.05, 0.1) is 33.1 Å². The summed E-state index contributed by atoms with van der Waals surface area (Å²) in [5.74, 6) is 0. The number of para-hydroxylation sites is 2. The van der Waals surface area contributed by atoms with E-state index in [2.05, 4.69) is 419 Å². The Balaban J connectivity index is 0.000000110. The van der Waals surface area contributed by atoms with Gasteiger partial charge in [-0.25, -0.2) is 0 Å². The predicted octanol–water partition coefficient (Wildman–Crippen LogP) is 29.3. The summed E-state index contributed by atoms with van der Waals surface area (Å²) < 4.78 is 4.81. The summed E-state index contributed by atoms with van der Waals surface area (Å²) in [4.78, 5) is 9.34. The van der Waals surface area contributed by atoms with Gasteiger partial charge in [-0.2, -0.15) is 0 Å². The van der Waals surface area contributed by atoms with E-state index in [-0.39, 0.29) is 0 Å². The lowest BCUT2D eigenvalue weighted by molar-refractivity contribution is 1.18. The molecule has 0 saturated heterocycles. The average molecular weight is 1420 g/mol.